The number of carbonyl (C=O) groups excluding carboxylic acids is 1. The van der Waals surface area contributed by atoms with Gasteiger partial charge in [0.2, 0.25) is 5.91 Å². The number of carbonyl (C=O) groups is 1. The number of aryl methyl sites for hydroxylation is 1. The quantitative estimate of drug-likeness (QED) is 0.637. The summed E-state index contributed by atoms with van der Waals surface area (Å²) in [7, 11) is 1.46. The van der Waals surface area contributed by atoms with Crippen LogP contribution in [0.25, 0.3) is 6.08 Å². The van der Waals surface area contributed by atoms with E-state index in [1.165, 1.54) is 13.2 Å². The van der Waals surface area contributed by atoms with Crippen molar-refractivity contribution in [3.05, 3.63) is 63.5 Å². The number of amides is 1. The lowest BCUT2D eigenvalue weighted by Crippen LogP contribution is -2.07. The first-order valence-electron chi connectivity index (χ1n) is 6.79. The van der Waals surface area contributed by atoms with Crippen LogP contribution in [0.3, 0.4) is 0 Å². The number of ether oxygens (including phenoxy) is 1. The van der Waals surface area contributed by atoms with Crippen LogP contribution in [0.15, 0.2) is 47.7 Å². The molecule has 0 aliphatic carbocycles. The van der Waals surface area contributed by atoms with E-state index in [-0.39, 0.29) is 11.6 Å². The third-order valence-corrected chi connectivity index (χ3v) is 3.26. The summed E-state index contributed by atoms with van der Waals surface area (Å²) in [5.41, 5.74) is 2.42. The molecule has 0 spiro atoms. The SMILES string of the molecule is COc1ccc(/C=C/C(=O)Nc2cc(C)cc(Cl)c2)cc1N=O. The lowest BCUT2D eigenvalue weighted by molar-refractivity contribution is -0.111. The number of anilines is 1. The van der Waals surface area contributed by atoms with E-state index in [0.717, 1.165) is 5.56 Å². The number of hydrogen-bond acceptors (Lipinski definition) is 4. The van der Waals surface area contributed by atoms with Crippen molar-refractivity contribution in [3.8, 4) is 5.75 Å². The first-order chi connectivity index (χ1) is 11.0. The maximum Gasteiger partial charge on any atom is 0.248 e. The molecule has 0 aromatic heterocycles. The highest BCUT2D eigenvalue weighted by Crippen LogP contribution is 2.28. The first-order valence-corrected chi connectivity index (χ1v) is 7.17. The number of nitrogens with zero attached hydrogens (tertiary/aromatic N) is 1. The number of benzene rings is 2. The van der Waals surface area contributed by atoms with E-state index in [9.17, 15) is 9.70 Å². The minimum atomic E-state index is -0.303. The molecule has 0 bridgehead atoms. The molecule has 0 radical (unpaired) electrons. The van der Waals surface area contributed by atoms with Crippen LogP contribution in [0.2, 0.25) is 5.02 Å². The molecule has 5 nitrogen and oxygen atoms in total. The van der Waals surface area contributed by atoms with Gasteiger partial charge in [0.15, 0.2) is 0 Å². The molecule has 0 aliphatic rings. The van der Waals surface area contributed by atoms with Gasteiger partial charge in [-0.25, -0.2) is 0 Å². The number of rotatable bonds is 5. The Morgan fingerprint density at radius 2 is 2.04 bits per heavy atom. The third kappa shape index (κ3) is 4.66. The fourth-order valence-electron chi connectivity index (χ4n) is 2.05. The van der Waals surface area contributed by atoms with Crippen LogP contribution in [0, 0.1) is 11.8 Å². The van der Waals surface area contributed by atoms with E-state index in [4.69, 9.17) is 16.3 Å². The maximum absolute atomic E-state index is 11.9. The van der Waals surface area contributed by atoms with Crippen LogP contribution in [0.5, 0.6) is 5.75 Å². The summed E-state index contributed by atoms with van der Waals surface area (Å²) >= 11 is 5.95. The van der Waals surface area contributed by atoms with Gasteiger partial charge in [-0.2, -0.15) is 0 Å². The van der Waals surface area contributed by atoms with E-state index in [0.29, 0.717) is 22.0 Å². The van der Waals surface area contributed by atoms with Gasteiger partial charge in [-0.15, -0.1) is 4.91 Å². The second-order valence-electron chi connectivity index (χ2n) is 4.86. The Balaban J connectivity index is 2.10. The molecule has 2 rings (SSSR count). The molecule has 2 aromatic carbocycles. The van der Waals surface area contributed by atoms with E-state index in [1.54, 1.807) is 36.4 Å². The van der Waals surface area contributed by atoms with Crippen LogP contribution in [-0.4, -0.2) is 13.0 Å². The molecule has 2 aromatic rings. The van der Waals surface area contributed by atoms with Crippen LogP contribution in [0.4, 0.5) is 11.4 Å². The number of nitrogens with one attached hydrogen (secondary N) is 1. The van der Waals surface area contributed by atoms with Gasteiger partial charge in [0, 0.05) is 16.8 Å². The minimum Gasteiger partial charge on any atom is -0.494 e. The predicted octanol–water partition coefficient (Wildman–Crippen LogP) is 4.71. The zero-order valence-corrected chi connectivity index (χ0v) is 13.4. The Labute approximate surface area is 138 Å². The molecule has 0 fully saturated rings. The Morgan fingerprint density at radius 1 is 1.26 bits per heavy atom. The summed E-state index contributed by atoms with van der Waals surface area (Å²) in [5, 5.41) is 6.17. The second kappa shape index (κ2) is 7.56. The van der Waals surface area contributed by atoms with Crippen molar-refractivity contribution >= 4 is 35.0 Å². The second-order valence-corrected chi connectivity index (χ2v) is 5.30. The third-order valence-electron chi connectivity index (χ3n) is 3.04. The van der Waals surface area contributed by atoms with Gasteiger partial charge in [0.05, 0.1) is 7.11 Å². The molecule has 6 heteroatoms. The van der Waals surface area contributed by atoms with E-state index in [1.807, 2.05) is 13.0 Å². The number of hydrogen-bond donors (Lipinski definition) is 1. The van der Waals surface area contributed by atoms with Crippen molar-refractivity contribution in [2.75, 3.05) is 12.4 Å². The highest BCUT2D eigenvalue weighted by atomic mass is 35.5. The van der Waals surface area contributed by atoms with Crippen LogP contribution in [0.1, 0.15) is 11.1 Å². The number of nitroso groups, excluding NO2 is 1. The smallest absolute Gasteiger partial charge is 0.248 e. The summed E-state index contributed by atoms with van der Waals surface area (Å²) in [4.78, 5) is 22.7. The van der Waals surface area contributed by atoms with Gasteiger partial charge >= 0.3 is 0 Å². The topological polar surface area (TPSA) is 67.8 Å². The van der Waals surface area contributed by atoms with Crippen molar-refractivity contribution in [1.82, 2.24) is 0 Å². The highest BCUT2D eigenvalue weighted by Gasteiger charge is 2.04. The molecule has 0 atom stereocenters. The lowest BCUT2D eigenvalue weighted by Gasteiger charge is -2.05. The molecule has 0 saturated heterocycles. The monoisotopic (exact) mass is 330 g/mol. The number of halogens is 1. The molecule has 1 amide bonds. The Hall–Kier alpha value is -2.66. The summed E-state index contributed by atoms with van der Waals surface area (Å²) in [5.74, 6) is 0.0825. The van der Waals surface area contributed by atoms with E-state index in [2.05, 4.69) is 10.5 Å². The van der Waals surface area contributed by atoms with Crippen molar-refractivity contribution in [2.24, 2.45) is 5.18 Å². The van der Waals surface area contributed by atoms with E-state index < -0.39 is 0 Å². The van der Waals surface area contributed by atoms with Gasteiger partial charge in [0.25, 0.3) is 0 Å². The van der Waals surface area contributed by atoms with Crippen LogP contribution >= 0.6 is 11.6 Å². The predicted molar refractivity (Wildman–Crippen MR) is 92.3 cm³/mol. The molecular formula is C17H15ClN2O3. The zero-order chi connectivity index (χ0) is 16.8. The first kappa shape index (κ1) is 16.7. The highest BCUT2D eigenvalue weighted by molar-refractivity contribution is 6.31. The molecular weight excluding hydrogens is 316 g/mol. The number of methoxy groups -OCH3 is 1. The van der Waals surface area contributed by atoms with Crippen molar-refractivity contribution in [3.63, 3.8) is 0 Å². The molecule has 1 N–H and O–H groups in total. The minimum absolute atomic E-state index is 0.181. The average Bonchev–Trinajstić information content (AvgIpc) is 2.51. The molecule has 0 saturated carbocycles. The standard InChI is InChI=1S/C17H15ClN2O3/c1-11-7-13(18)10-14(8-11)19-17(21)6-4-12-3-5-16(23-2)15(9-12)20-22/h3-10H,1-2H3,(H,19,21)/b6-4+. The molecule has 0 aliphatic heterocycles. The van der Waals surface area contributed by atoms with Crippen molar-refractivity contribution < 1.29 is 9.53 Å². The molecule has 118 valence electrons. The fourth-order valence-corrected chi connectivity index (χ4v) is 2.34. The Morgan fingerprint density at radius 3 is 2.70 bits per heavy atom. The molecule has 0 unspecified atom stereocenters. The van der Waals surface area contributed by atoms with Gasteiger partial charge in [-0.05, 0) is 59.6 Å². The summed E-state index contributed by atoms with van der Waals surface area (Å²) in [6.45, 7) is 1.89. The van der Waals surface area contributed by atoms with Crippen LogP contribution in [-0.2, 0) is 4.79 Å². The van der Waals surface area contributed by atoms with Gasteiger partial charge in [0.1, 0.15) is 11.4 Å². The molecule has 0 heterocycles. The maximum atomic E-state index is 11.9. The van der Waals surface area contributed by atoms with Gasteiger partial charge < -0.3 is 10.1 Å². The average molecular weight is 331 g/mol. The Kier molecular flexibility index (Phi) is 5.49. The van der Waals surface area contributed by atoms with Gasteiger partial charge in [-0.3, -0.25) is 4.79 Å². The normalized spacial score (nSPS) is 10.6. The summed E-state index contributed by atoms with van der Waals surface area (Å²) < 4.78 is 5.01. The summed E-state index contributed by atoms with van der Waals surface area (Å²) in [6.07, 6.45) is 2.95. The van der Waals surface area contributed by atoms with E-state index >= 15 is 0 Å². The van der Waals surface area contributed by atoms with Crippen molar-refractivity contribution in [2.45, 2.75) is 6.92 Å². The lowest BCUT2D eigenvalue weighted by atomic mass is 10.1. The Bertz CT molecular complexity index is 752. The zero-order valence-electron chi connectivity index (χ0n) is 12.7. The van der Waals surface area contributed by atoms with Crippen LogP contribution < -0.4 is 10.1 Å². The summed E-state index contributed by atoms with van der Waals surface area (Å²) in [6, 6.07) is 10.2. The fraction of sp³-hybridized carbons (Fsp3) is 0.118. The van der Waals surface area contributed by atoms with Crippen molar-refractivity contribution in [1.29, 1.82) is 0 Å². The largest absolute Gasteiger partial charge is 0.494 e. The van der Waals surface area contributed by atoms with Gasteiger partial charge in [-0.1, -0.05) is 17.7 Å². The molecule has 23 heavy (non-hydrogen) atoms.